The number of allylic oxidation sites excluding steroid dienone is 3. The molecule has 9 heteroatoms. The first-order valence-corrected chi connectivity index (χ1v) is 15.2. The Balaban J connectivity index is 0.000000320. The molecule has 0 spiro atoms. The van der Waals surface area contributed by atoms with Crippen molar-refractivity contribution in [1.82, 2.24) is 25.2 Å². The molecule has 5 heterocycles. The smallest absolute Gasteiger partial charge is 0.322 e. The Kier molecular flexibility index (Phi) is 18.8. The fourth-order valence-electron chi connectivity index (χ4n) is 3.80. The first kappa shape index (κ1) is 36.5. The van der Waals surface area contributed by atoms with Crippen LogP contribution in [-0.2, 0) is 0 Å². The van der Waals surface area contributed by atoms with Crippen molar-refractivity contribution in [3.63, 3.8) is 0 Å². The van der Waals surface area contributed by atoms with Crippen LogP contribution in [0.4, 0.5) is 22.2 Å². The van der Waals surface area contributed by atoms with Gasteiger partial charge in [0.25, 0.3) is 0 Å². The van der Waals surface area contributed by atoms with Crippen molar-refractivity contribution in [2.45, 2.75) is 74.1 Å². The normalized spacial score (nSPS) is 13.2. The van der Waals surface area contributed by atoms with Gasteiger partial charge < -0.3 is 16.0 Å². The van der Waals surface area contributed by atoms with E-state index < -0.39 is 0 Å². The van der Waals surface area contributed by atoms with Crippen LogP contribution in [0.2, 0.25) is 0 Å². The first-order valence-electron chi connectivity index (χ1n) is 15.2. The van der Waals surface area contributed by atoms with Gasteiger partial charge in [-0.05, 0) is 95.0 Å². The third-order valence-electron chi connectivity index (χ3n) is 5.70. The fourth-order valence-corrected chi connectivity index (χ4v) is 3.80. The number of nitrogens with zero attached hydrogens (tertiary/aromatic N) is 5. The summed E-state index contributed by atoms with van der Waals surface area (Å²) in [6.45, 7) is 15.5. The minimum Gasteiger partial charge on any atom is -0.384 e. The highest BCUT2D eigenvalue weighted by molar-refractivity contribution is 5.94. The number of hydrogen-bond donors (Lipinski definition) is 3. The van der Waals surface area contributed by atoms with Gasteiger partial charge in [-0.25, -0.2) is 24.7 Å². The number of pyridine rings is 3. The Morgan fingerprint density at radius 2 is 1.47 bits per heavy atom. The van der Waals surface area contributed by atoms with Gasteiger partial charge in [0, 0.05) is 36.4 Å². The maximum atomic E-state index is 12.0. The van der Waals surface area contributed by atoms with Gasteiger partial charge in [-0.15, -0.1) is 0 Å². The van der Waals surface area contributed by atoms with E-state index in [0.717, 1.165) is 61.1 Å². The van der Waals surface area contributed by atoms with Gasteiger partial charge in [0.1, 0.15) is 23.3 Å². The standard InChI is InChI=1S/C13H19N3O.C11H11N3.C6H8N2.2C2H6/c1-11-7-3-4-8-12(14-11)15-13(17)16-9-5-2-6-10-16;1-9-5-4-7-11(13-9)14-10-6-2-3-8-12-10;1-5-3-2-4-6(7)8-5;2*1-2/h3,7-8H,2,4-6,9-10H2,1H3,(H,15,17);2-8H,1H3,(H,12,13,14);2-4H,1H3,(H2,7,8);2*1-2H3. The molecule has 0 bridgehead atoms. The van der Waals surface area contributed by atoms with Gasteiger partial charge in [-0.2, -0.15) is 0 Å². The van der Waals surface area contributed by atoms with Crippen LogP contribution in [-0.4, -0.2) is 44.7 Å². The topological polar surface area (TPSA) is 121 Å². The van der Waals surface area contributed by atoms with Gasteiger partial charge in [-0.1, -0.05) is 52.0 Å². The molecule has 4 N–H and O–H groups in total. The SMILES string of the molecule is CC.CC.CC1=NC(NC(=O)N2CCCCC2)=CCC=C1.Cc1cccc(N)n1.Cc1cccc(Nc2ccccn2)n1. The van der Waals surface area contributed by atoms with Crippen molar-refractivity contribution in [3.8, 4) is 0 Å². The van der Waals surface area contributed by atoms with Crippen molar-refractivity contribution in [2.24, 2.45) is 4.99 Å². The summed E-state index contributed by atoms with van der Waals surface area (Å²) in [6, 6.07) is 17.1. The third-order valence-corrected chi connectivity index (χ3v) is 5.70. The Morgan fingerprint density at radius 1 is 0.814 bits per heavy atom. The molecule has 0 atom stereocenters. The summed E-state index contributed by atoms with van der Waals surface area (Å²) in [6.07, 6.45) is 12.0. The van der Waals surface area contributed by atoms with Crippen molar-refractivity contribution in [2.75, 3.05) is 24.1 Å². The van der Waals surface area contributed by atoms with E-state index in [1.165, 1.54) is 6.42 Å². The van der Waals surface area contributed by atoms with Gasteiger partial charge in [0.05, 0.1) is 0 Å². The molecule has 232 valence electrons. The molecule has 5 rings (SSSR count). The molecule has 2 amide bonds. The maximum absolute atomic E-state index is 12.0. The molecule has 3 aromatic heterocycles. The van der Waals surface area contributed by atoms with Crippen molar-refractivity contribution in [1.29, 1.82) is 0 Å². The number of anilines is 3. The molecular formula is C34H50N8O. The van der Waals surface area contributed by atoms with Gasteiger partial charge in [-0.3, -0.25) is 5.32 Å². The minimum absolute atomic E-state index is 0.0191. The zero-order valence-corrected chi connectivity index (χ0v) is 27.0. The van der Waals surface area contributed by atoms with Crippen LogP contribution in [0.3, 0.4) is 0 Å². The lowest BCUT2D eigenvalue weighted by Crippen LogP contribution is -2.42. The number of nitrogens with one attached hydrogen (secondary N) is 2. The summed E-state index contributed by atoms with van der Waals surface area (Å²) in [5.41, 5.74) is 8.23. The Labute approximate surface area is 258 Å². The lowest BCUT2D eigenvalue weighted by Gasteiger charge is -2.26. The number of urea groups is 1. The number of piperidine rings is 1. The van der Waals surface area contributed by atoms with E-state index >= 15 is 0 Å². The van der Waals surface area contributed by atoms with E-state index in [9.17, 15) is 4.79 Å². The highest BCUT2D eigenvalue weighted by Gasteiger charge is 2.17. The summed E-state index contributed by atoms with van der Waals surface area (Å²) in [5.74, 6) is 2.89. The number of amides is 2. The van der Waals surface area contributed by atoms with Crippen LogP contribution in [0.25, 0.3) is 0 Å². The monoisotopic (exact) mass is 586 g/mol. The fraction of sp³-hybridized carbons (Fsp3) is 0.382. The van der Waals surface area contributed by atoms with E-state index in [2.05, 4.69) is 30.6 Å². The average Bonchev–Trinajstić information content (AvgIpc) is 3.24. The third kappa shape index (κ3) is 15.9. The van der Waals surface area contributed by atoms with Crippen molar-refractivity contribution < 1.29 is 4.79 Å². The second-order valence-electron chi connectivity index (χ2n) is 9.17. The number of rotatable bonds is 3. The molecule has 1 saturated heterocycles. The molecule has 43 heavy (non-hydrogen) atoms. The molecule has 0 aliphatic carbocycles. The maximum Gasteiger partial charge on any atom is 0.322 e. The highest BCUT2D eigenvalue weighted by atomic mass is 16.2. The van der Waals surface area contributed by atoms with Gasteiger partial charge in [0.2, 0.25) is 0 Å². The second-order valence-corrected chi connectivity index (χ2v) is 9.17. The van der Waals surface area contributed by atoms with E-state index in [1.807, 2.05) is 120 Å². The van der Waals surface area contributed by atoms with E-state index in [-0.39, 0.29) is 6.03 Å². The largest absolute Gasteiger partial charge is 0.384 e. The molecule has 1 fully saturated rings. The number of nitrogens with two attached hydrogens (primary N) is 1. The van der Waals surface area contributed by atoms with Crippen molar-refractivity contribution in [3.05, 3.63) is 96.2 Å². The molecule has 0 unspecified atom stereocenters. The van der Waals surface area contributed by atoms with E-state index in [0.29, 0.717) is 11.6 Å². The average molecular weight is 587 g/mol. The summed E-state index contributed by atoms with van der Waals surface area (Å²) < 4.78 is 0. The minimum atomic E-state index is -0.0191. The van der Waals surface area contributed by atoms with Crippen LogP contribution in [0.5, 0.6) is 0 Å². The Bertz CT molecular complexity index is 1270. The van der Waals surface area contributed by atoms with Crippen LogP contribution >= 0.6 is 0 Å². The van der Waals surface area contributed by atoms with Gasteiger partial charge in [0.15, 0.2) is 0 Å². The molecule has 0 radical (unpaired) electrons. The Hall–Kier alpha value is -4.53. The predicted octanol–water partition coefficient (Wildman–Crippen LogP) is 8.00. The zero-order chi connectivity index (χ0) is 31.9. The Morgan fingerprint density at radius 3 is 2.05 bits per heavy atom. The lowest BCUT2D eigenvalue weighted by molar-refractivity contribution is 0.189. The lowest BCUT2D eigenvalue weighted by atomic mass is 10.1. The van der Waals surface area contributed by atoms with Crippen LogP contribution in [0.1, 0.15) is 71.7 Å². The summed E-state index contributed by atoms with van der Waals surface area (Å²) >= 11 is 0. The number of aryl methyl sites for hydroxylation is 2. The molecule has 9 nitrogen and oxygen atoms in total. The molecular weight excluding hydrogens is 536 g/mol. The zero-order valence-electron chi connectivity index (χ0n) is 27.0. The number of hydrogen-bond acceptors (Lipinski definition) is 7. The molecule has 0 aromatic carbocycles. The molecule has 2 aliphatic heterocycles. The first-order chi connectivity index (χ1) is 20.9. The van der Waals surface area contributed by atoms with Gasteiger partial charge >= 0.3 is 6.03 Å². The molecule has 2 aliphatic rings. The number of aromatic nitrogens is 3. The summed E-state index contributed by atoms with van der Waals surface area (Å²) in [5, 5.41) is 6.00. The summed E-state index contributed by atoms with van der Waals surface area (Å²) in [7, 11) is 0. The van der Waals surface area contributed by atoms with Crippen LogP contribution < -0.4 is 16.4 Å². The quantitative estimate of drug-likeness (QED) is 0.286. The summed E-state index contributed by atoms with van der Waals surface area (Å²) in [4.78, 5) is 30.6. The number of aliphatic imine (C=N–C) groups is 1. The highest BCUT2D eigenvalue weighted by Crippen LogP contribution is 2.11. The van der Waals surface area contributed by atoms with Crippen molar-refractivity contribution >= 4 is 29.2 Å². The van der Waals surface area contributed by atoms with Crippen LogP contribution in [0.15, 0.2) is 89.8 Å². The molecule has 3 aromatic rings. The van der Waals surface area contributed by atoms with Crippen LogP contribution in [0, 0.1) is 13.8 Å². The van der Waals surface area contributed by atoms with E-state index in [1.54, 1.807) is 12.3 Å². The number of carbonyl (C=O) groups is 1. The van der Waals surface area contributed by atoms with E-state index in [4.69, 9.17) is 5.73 Å². The number of nitrogen functional groups attached to an aromatic ring is 1. The second kappa shape index (κ2) is 22.1. The molecule has 0 saturated carbocycles. The number of carbonyl (C=O) groups excluding carboxylic acids is 1. The predicted molar refractivity (Wildman–Crippen MR) is 181 cm³/mol. The number of likely N-dealkylation sites (tertiary alicyclic amines) is 1.